The fraction of sp³-hybridized carbons (Fsp3) is 0.231. The van der Waals surface area contributed by atoms with Crippen LogP contribution in [0.15, 0.2) is 54.1 Å². The Hall–Kier alpha value is -4.18. The third-order valence-electron chi connectivity index (χ3n) is 5.15. The number of fused-ring (bicyclic) bond motifs is 2. The lowest BCUT2D eigenvalue weighted by Gasteiger charge is -2.13. The van der Waals surface area contributed by atoms with Gasteiger partial charge in [-0.3, -0.25) is 4.79 Å². The summed E-state index contributed by atoms with van der Waals surface area (Å²) in [4.78, 5) is 12.8. The van der Waals surface area contributed by atoms with Gasteiger partial charge in [0, 0.05) is 12.1 Å². The number of rotatable bonds is 8. The van der Waals surface area contributed by atoms with Gasteiger partial charge >= 0.3 is 0 Å². The largest absolute Gasteiger partial charge is 0.494 e. The number of benzene rings is 3. The molecule has 1 heterocycles. The van der Waals surface area contributed by atoms with Crippen molar-refractivity contribution in [1.29, 1.82) is 5.26 Å². The van der Waals surface area contributed by atoms with Crippen molar-refractivity contribution in [3.05, 3.63) is 65.2 Å². The number of amides is 1. The van der Waals surface area contributed by atoms with Gasteiger partial charge in [-0.25, -0.2) is 0 Å². The van der Waals surface area contributed by atoms with Crippen LogP contribution in [0.3, 0.4) is 0 Å². The van der Waals surface area contributed by atoms with Gasteiger partial charge < -0.3 is 24.3 Å². The van der Waals surface area contributed by atoms with Crippen LogP contribution >= 0.6 is 0 Å². The molecule has 0 spiro atoms. The standard InChI is InChI=1S/C26H24N2O5/c1-3-30-20-8-6-18-7-10-23(31-4-2)22(21(18)13-20)12-19(14-27)26(29)28-15-17-5-9-24-25(11-17)33-16-32-24/h5-13H,3-4,15-16H2,1-2H3,(H,28,29)/b19-12+. The van der Waals surface area contributed by atoms with Gasteiger partial charge in [0.15, 0.2) is 11.5 Å². The maximum atomic E-state index is 12.8. The van der Waals surface area contributed by atoms with Crippen LogP contribution < -0.4 is 24.3 Å². The van der Waals surface area contributed by atoms with E-state index in [1.165, 1.54) is 0 Å². The lowest BCUT2D eigenvalue weighted by molar-refractivity contribution is -0.117. The fourth-order valence-corrected chi connectivity index (χ4v) is 3.61. The fourth-order valence-electron chi connectivity index (χ4n) is 3.61. The highest BCUT2D eigenvalue weighted by atomic mass is 16.7. The van der Waals surface area contributed by atoms with Gasteiger partial charge in [0.05, 0.1) is 13.2 Å². The number of carbonyl (C=O) groups excluding carboxylic acids is 1. The number of nitrogens with zero attached hydrogens (tertiary/aromatic N) is 1. The minimum Gasteiger partial charge on any atom is -0.494 e. The molecule has 7 heteroatoms. The zero-order chi connectivity index (χ0) is 23.2. The Balaban J connectivity index is 1.63. The number of nitrogens with one attached hydrogen (secondary N) is 1. The van der Waals surface area contributed by atoms with E-state index >= 15 is 0 Å². The quantitative estimate of drug-likeness (QED) is 0.404. The van der Waals surface area contributed by atoms with Crippen molar-refractivity contribution in [3.63, 3.8) is 0 Å². The van der Waals surface area contributed by atoms with E-state index in [0.717, 1.165) is 16.3 Å². The van der Waals surface area contributed by atoms with Gasteiger partial charge in [-0.15, -0.1) is 0 Å². The van der Waals surface area contributed by atoms with Crippen LogP contribution in [-0.2, 0) is 11.3 Å². The summed E-state index contributed by atoms with van der Waals surface area (Å²) in [5.41, 5.74) is 1.48. The second-order valence-electron chi connectivity index (χ2n) is 7.27. The third-order valence-corrected chi connectivity index (χ3v) is 5.15. The van der Waals surface area contributed by atoms with Crippen LogP contribution in [0.1, 0.15) is 25.0 Å². The first kappa shape index (κ1) is 22.0. The van der Waals surface area contributed by atoms with E-state index in [2.05, 4.69) is 5.32 Å². The van der Waals surface area contributed by atoms with Gasteiger partial charge in [-0.05, 0) is 66.6 Å². The monoisotopic (exact) mass is 444 g/mol. The Labute approximate surface area is 192 Å². The molecule has 1 N–H and O–H groups in total. The van der Waals surface area contributed by atoms with Gasteiger partial charge in [0.1, 0.15) is 23.1 Å². The molecule has 7 nitrogen and oxygen atoms in total. The Morgan fingerprint density at radius 3 is 2.64 bits per heavy atom. The van der Waals surface area contributed by atoms with E-state index in [-0.39, 0.29) is 18.9 Å². The van der Waals surface area contributed by atoms with E-state index in [4.69, 9.17) is 18.9 Å². The Kier molecular flexibility index (Phi) is 6.65. The molecule has 0 radical (unpaired) electrons. The number of hydrogen-bond acceptors (Lipinski definition) is 6. The molecule has 3 aromatic carbocycles. The van der Waals surface area contributed by atoms with Crippen LogP contribution in [-0.4, -0.2) is 25.9 Å². The zero-order valence-electron chi connectivity index (χ0n) is 18.5. The first-order valence-electron chi connectivity index (χ1n) is 10.7. The van der Waals surface area contributed by atoms with E-state index in [1.807, 2.05) is 62.4 Å². The second-order valence-corrected chi connectivity index (χ2v) is 7.27. The lowest BCUT2D eigenvalue weighted by Crippen LogP contribution is -2.24. The number of carbonyl (C=O) groups is 1. The second kappa shape index (κ2) is 9.96. The molecular weight excluding hydrogens is 420 g/mol. The summed E-state index contributed by atoms with van der Waals surface area (Å²) < 4.78 is 22.1. The molecule has 0 aromatic heterocycles. The Bertz CT molecular complexity index is 1250. The first-order chi connectivity index (χ1) is 16.1. The molecule has 3 aromatic rings. The van der Waals surface area contributed by atoms with Crippen LogP contribution in [0.4, 0.5) is 0 Å². The predicted octanol–water partition coefficient (Wildman–Crippen LogP) is 4.59. The molecule has 4 rings (SSSR count). The predicted molar refractivity (Wildman–Crippen MR) is 124 cm³/mol. The summed E-state index contributed by atoms with van der Waals surface area (Å²) in [6, 6.07) is 17.0. The van der Waals surface area contributed by atoms with Crippen molar-refractivity contribution in [1.82, 2.24) is 5.32 Å². The molecule has 1 aliphatic rings. The maximum absolute atomic E-state index is 12.8. The van der Waals surface area contributed by atoms with Crippen LogP contribution in [0.25, 0.3) is 16.8 Å². The summed E-state index contributed by atoms with van der Waals surface area (Å²) in [6.45, 7) is 5.22. The summed E-state index contributed by atoms with van der Waals surface area (Å²) in [5.74, 6) is 2.14. The lowest BCUT2D eigenvalue weighted by atomic mass is 10.0. The molecule has 0 bridgehead atoms. The average molecular weight is 444 g/mol. The highest BCUT2D eigenvalue weighted by Gasteiger charge is 2.16. The molecule has 0 saturated carbocycles. The number of hydrogen-bond donors (Lipinski definition) is 1. The number of ether oxygens (including phenoxy) is 4. The van der Waals surface area contributed by atoms with Crippen molar-refractivity contribution < 1.29 is 23.7 Å². The van der Waals surface area contributed by atoms with Gasteiger partial charge in [0.25, 0.3) is 5.91 Å². The smallest absolute Gasteiger partial charge is 0.262 e. The van der Waals surface area contributed by atoms with Crippen molar-refractivity contribution in [3.8, 4) is 29.1 Å². The SMILES string of the molecule is CCOc1ccc2ccc(OCC)c(/C=C(\C#N)C(=O)NCc3ccc4c(c3)OCO4)c2c1. The van der Waals surface area contributed by atoms with E-state index in [0.29, 0.717) is 41.8 Å². The Morgan fingerprint density at radius 2 is 1.85 bits per heavy atom. The molecule has 1 amide bonds. The van der Waals surface area contributed by atoms with Crippen molar-refractivity contribution in [2.24, 2.45) is 0 Å². The topological polar surface area (TPSA) is 89.8 Å². The maximum Gasteiger partial charge on any atom is 0.262 e. The zero-order valence-corrected chi connectivity index (χ0v) is 18.5. The minimum absolute atomic E-state index is 0.0222. The normalized spacial score (nSPS) is 12.3. The molecule has 0 saturated heterocycles. The molecule has 0 unspecified atom stereocenters. The summed E-state index contributed by atoms with van der Waals surface area (Å²) in [7, 11) is 0. The van der Waals surface area contributed by atoms with Crippen LogP contribution in [0, 0.1) is 11.3 Å². The van der Waals surface area contributed by atoms with E-state index in [1.54, 1.807) is 12.1 Å². The Morgan fingerprint density at radius 1 is 1.06 bits per heavy atom. The van der Waals surface area contributed by atoms with Crippen LogP contribution in [0.2, 0.25) is 0 Å². The molecule has 0 fully saturated rings. The number of nitriles is 1. The molecule has 1 aliphatic heterocycles. The van der Waals surface area contributed by atoms with Crippen molar-refractivity contribution in [2.45, 2.75) is 20.4 Å². The molecular formula is C26H24N2O5. The first-order valence-corrected chi connectivity index (χ1v) is 10.7. The van der Waals surface area contributed by atoms with Gasteiger partial charge in [-0.1, -0.05) is 18.2 Å². The summed E-state index contributed by atoms with van der Waals surface area (Å²) >= 11 is 0. The van der Waals surface area contributed by atoms with E-state index in [9.17, 15) is 10.1 Å². The molecule has 168 valence electrons. The summed E-state index contributed by atoms with van der Waals surface area (Å²) in [5, 5.41) is 14.3. The third kappa shape index (κ3) is 4.85. The van der Waals surface area contributed by atoms with Gasteiger partial charge in [0.2, 0.25) is 6.79 Å². The molecule has 0 atom stereocenters. The highest BCUT2D eigenvalue weighted by Crippen LogP contribution is 2.34. The van der Waals surface area contributed by atoms with Crippen molar-refractivity contribution in [2.75, 3.05) is 20.0 Å². The molecule has 0 aliphatic carbocycles. The highest BCUT2D eigenvalue weighted by molar-refractivity contribution is 6.05. The van der Waals surface area contributed by atoms with Crippen molar-refractivity contribution >= 4 is 22.8 Å². The van der Waals surface area contributed by atoms with Gasteiger partial charge in [-0.2, -0.15) is 5.26 Å². The average Bonchev–Trinajstić information content (AvgIpc) is 3.30. The molecule has 33 heavy (non-hydrogen) atoms. The minimum atomic E-state index is -0.476. The summed E-state index contributed by atoms with van der Waals surface area (Å²) in [6.07, 6.45) is 1.57. The van der Waals surface area contributed by atoms with Crippen LogP contribution in [0.5, 0.6) is 23.0 Å². The van der Waals surface area contributed by atoms with E-state index < -0.39 is 5.91 Å².